The highest BCUT2D eigenvalue weighted by atomic mass is 16.3. The van der Waals surface area contributed by atoms with Crippen molar-refractivity contribution in [2.45, 2.75) is 19.8 Å². The van der Waals surface area contributed by atoms with E-state index >= 15 is 0 Å². The molecule has 0 aliphatic heterocycles. The van der Waals surface area contributed by atoms with E-state index in [0.29, 0.717) is 12.2 Å². The molecular weight excluding hydrogens is 296 g/mol. The number of nitrogens with one attached hydrogen (secondary N) is 1. The Hall–Kier alpha value is -3.09. The average Bonchev–Trinajstić information content (AvgIpc) is 3.21. The zero-order chi connectivity index (χ0) is 16.2. The molecule has 7 nitrogen and oxygen atoms in total. The Kier molecular flexibility index (Phi) is 4.09. The molecule has 116 valence electrons. The predicted octanol–water partition coefficient (Wildman–Crippen LogP) is 1.69. The predicted molar refractivity (Wildman–Crippen MR) is 79.9 cm³/mol. The number of hydrogen-bond acceptors (Lipinski definition) is 6. The fourth-order valence-corrected chi connectivity index (χ4v) is 2.17. The van der Waals surface area contributed by atoms with Crippen molar-refractivity contribution in [1.29, 1.82) is 0 Å². The van der Waals surface area contributed by atoms with Gasteiger partial charge in [-0.05, 0) is 29.3 Å². The van der Waals surface area contributed by atoms with Crippen molar-refractivity contribution >= 4 is 11.6 Å². The SMILES string of the molecule is Cc1ccc(Cc2coc(CC(=O)C(=O)c3nn[nH]n3)c2)cc1. The third-order valence-corrected chi connectivity index (χ3v) is 3.37. The molecule has 0 aliphatic carbocycles. The van der Waals surface area contributed by atoms with Gasteiger partial charge in [-0.25, -0.2) is 0 Å². The summed E-state index contributed by atoms with van der Waals surface area (Å²) in [4.78, 5) is 23.6. The van der Waals surface area contributed by atoms with E-state index in [0.717, 1.165) is 11.1 Å². The summed E-state index contributed by atoms with van der Waals surface area (Å²) in [5, 5.41) is 12.4. The van der Waals surface area contributed by atoms with E-state index < -0.39 is 11.6 Å². The van der Waals surface area contributed by atoms with Gasteiger partial charge in [0.25, 0.3) is 5.78 Å². The number of carbonyl (C=O) groups is 2. The molecule has 23 heavy (non-hydrogen) atoms. The van der Waals surface area contributed by atoms with Crippen LogP contribution in [0.4, 0.5) is 0 Å². The summed E-state index contributed by atoms with van der Waals surface area (Å²) >= 11 is 0. The Balaban J connectivity index is 1.64. The van der Waals surface area contributed by atoms with Gasteiger partial charge in [-0.2, -0.15) is 5.21 Å². The molecule has 0 bridgehead atoms. The van der Waals surface area contributed by atoms with Gasteiger partial charge < -0.3 is 4.42 Å². The van der Waals surface area contributed by atoms with Gasteiger partial charge in [0.05, 0.1) is 12.7 Å². The second-order valence-corrected chi connectivity index (χ2v) is 5.25. The Morgan fingerprint density at radius 3 is 2.65 bits per heavy atom. The Morgan fingerprint density at radius 2 is 1.96 bits per heavy atom. The molecule has 0 aliphatic rings. The van der Waals surface area contributed by atoms with Gasteiger partial charge in [0.2, 0.25) is 11.6 Å². The molecule has 0 radical (unpaired) electrons. The summed E-state index contributed by atoms with van der Waals surface area (Å²) in [7, 11) is 0. The number of hydrogen-bond donors (Lipinski definition) is 1. The second-order valence-electron chi connectivity index (χ2n) is 5.25. The van der Waals surface area contributed by atoms with Crippen LogP contribution >= 0.6 is 0 Å². The van der Waals surface area contributed by atoms with Crippen LogP contribution in [0.2, 0.25) is 0 Å². The van der Waals surface area contributed by atoms with Gasteiger partial charge in [0.1, 0.15) is 5.76 Å². The first-order chi connectivity index (χ1) is 11.1. The van der Waals surface area contributed by atoms with Crippen LogP contribution in [-0.4, -0.2) is 32.2 Å². The Bertz CT molecular complexity index is 819. The van der Waals surface area contributed by atoms with E-state index in [-0.39, 0.29) is 12.2 Å². The maximum atomic E-state index is 11.9. The fourth-order valence-electron chi connectivity index (χ4n) is 2.17. The molecule has 3 aromatic rings. The van der Waals surface area contributed by atoms with E-state index in [1.807, 2.05) is 31.2 Å². The lowest BCUT2D eigenvalue weighted by atomic mass is 10.1. The first kappa shape index (κ1) is 14.8. The zero-order valence-corrected chi connectivity index (χ0v) is 12.4. The first-order valence-electron chi connectivity index (χ1n) is 7.04. The topological polar surface area (TPSA) is 102 Å². The van der Waals surface area contributed by atoms with Crippen molar-refractivity contribution in [1.82, 2.24) is 20.6 Å². The van der Waals surface area contributed by atoms with Gasteiger partial charge >= 0.3 is 0 Å². The molecule has 3 rings (SSSR count). The summed E-state index contributed by atoms with van der Waals surface area (Å²) in [5.74, 6) is -1.21. The number of H-pyrrole nitrogens is 1. The quantitative estimate of drug-likeness (QED) is 0.549. The molecule has 0 saturated heterocycles. The van der Waals surface area contributed by atoms with E-state index in [2.05, 4.69) is 20.6 Å². The number of aromatic amines is 1. The van der Waals surface area contributed by atoms with E-state index in [9.17, 15) is 9.59 Å². The molecule has 1 N–H and O–H groups in total. The minimum Gasteiger partial charge on any atom is -0.469 e. The summed E-state index contributed by atoms with van der Waals surface area (Å²) in [5.41, 5.74) is 3.30. The van der Waals surface area contributed by atoms with Crippen molar-refractivity contribution in [3.05, 3.63) is 64.9 Å². The molecule has 7 heteroatoms. The number of benzene rings is 1. The molecule has 0 unspecified atom stereocenters. The molecule has 0 atom stereocenters. The number of nitrogens with zero attached hydrogens (tertiary/aromatic N) is 3. The summed E-state index contributed by atoms with van der Waals surface area (Å²) in [6.07, 6.45) is 2.18. The minimum atomic E-state index is -0.782. The number of carbonyl (C=O) groups excluding carboxylic acids is 2. The number of furan rings is 1. The van der Waals surface area contributed by atoms with Gasteiger partial charge in [0, 0.05) is 6.42 Å². The number of aryl methyl sites for hydroxylation is 1. The molecular formula is C16H14N4O3. The van der Waals surface area contributed by atoms with Crippen LogP contribution in [0.3, 0.4) is 0 Å². The van der Waals surface area contributed by atoms with Crippen LogP contribution in [-0.2, 0) is 17.6 Å². The van der Waals surface area contributed by atoms with Crippen LogP contribution < -0.4 is 0 Å². The number of Topliss-reactive ketones (excluding diaryl/α,β-unsaturated/α-hetero) is 2. The van der Waals surface area contributed by atoms with Crippen LogP contribution in [0, 0.1) is 6.92 Å². The number of tetrazole rings is 1. The lowest BCUT2D eigenvalue weighted by molar-refractivity contribution is -0.114. The first-order valence-corrected chi connectivity index (χ1v) is 7.04. The number of aromatic nitrogens is 4. The highest BCUT2D eigenvalue weighted by molar-refractivity contribution is 6.42. The average molecular weight is 310 g/mol. The summed E-state index contributed by atoms with van der Waals surface area (Å²) in [6, 6.07) is 9.97. The largest absolute Gasteiger partial charge is 0.469 e. The molecule has 1 aromatic carbocycles. The Morgan fingerprint density at radius 1 is 1.17 bits per heavy atom. The van der Waals surface area contributed by atoms with E-state index in [1.165, 1.54) is 5.56 Å². The van der Waals surface area contributed by atoms with E-state index in [4.69, 9.17) is 4.42 Å². The van der Waals surface area contributed by atoms with Crippen molar-refractivity contribution < 1.29 is 14.0 Å². The van der Waals surface area contributed by atoms with E-state index in [1.54, 1.807) is 12.3 Å². The second kappa shape index (κ2) is 6.35. The molecule has 0 spiro atoms. The van der Waals surface area contributed by atoms with Crippen LogP contribution in [0.5, 0.6) is 0 Å². The monoisotopic (exact) mass is 310 g/mol. The molecule has 2 aromatic heterocycles. The van der Waals surface area contributed by atoms with Gasteiger partial charge in [-0.1, -0.05) is 29.8 Å². The third-order valence-electron chi connectivity index (χ3n) is 3.37. The van der Waals surface area contributed by atoms with Gasteiger partial charge in [-0.3, -0.25) is 9.59 Å². The summed E-state index contributed by atoms with van der Waals surface area (Å²) in [6.45, 7) is 2.03. The standard InChI is InChI=1S/C16H14N4O3/c1-10-2-4-11(5-3-10)6-12-7-13(23-9-12)8-14(21)15(22)16-17-19-20-18-16/h2-5,7,9H,6,8H2,1H3,(H,17,18,19,20). The van der Waals surface area contributed by atoms with Gasteiger partial charge in [-0.15, -0.1) is 10.2 Å². The minimum absolute atomic E-state index is 0.124. The van der Waals surface area contributed by atoms with Crippen molar-refractivity contribution in [2.75, 3.05) is 0 Å². The molecule has 0 fully saturated rings. The molecule has 0 saturated carbocycles. The normalized spacial score (nSPS) is 10.7. The summed E-state index contributed by atoms with van der Waals surface area (Å²) < 4.78 is 5.36. The highest BCUT2D eigenvalue weighted by Crippen LogP contribution is 2.15. The van der Waals surface area contributed by atoms with Gasteiger partial charge in [0.15, 0.2) is 0 Å². The fraction of sp³-hybridized carbons (Fsp3) is 0.188. The number of ketones is 2. The lowest BCUT2D eigenvalue weighted by Crippen LogP contribution is -2.18. The van der Waals surface area contributed by atoms with Crippen molar-refractivity contribution in [3.8, 4) is 0 Å². The third kappa shape index (κ3) is 3.57. The van der Waals surface area contributed by atoms with Crippen LogP contribution in [0.15, 0.2) is 41.0 Å². The smallest absolute Gasteiger partial charge is 0.269 e. The molecule has 0 amide bonds. The maximum Gasteiger partial charge on any atom is 0.269 e. The number of rotatable bonds is 6. The van der Waals surface area contributed by atoms with Crippen molar-refractivity contribution in [2.24, 2.45) is 0 Å². The highest BCUT2D eigenvalue weighted by Gasteiger charge is 2.22. The maximum absolute atomic E-state index is 11.9. The molecule has 2 heterocycles. The van der Waals surface area contributed by atoms with Crippen molar-refractivity contribution in [3.63, 3.8) is 0 Å². The Labute approximate surface area is 131 Å². The van der Waals surface area contributed by atoms with Crippen LogP contribution in [0.1, 0.15) is 33.1 Å². The zero-order valence-electron chi connectivity index (χ0n) is 12.4. The lowest BCUT2D eigenvalue weighted by Gasteiger charge is -1.98. The van der Waals surface area contributed by atoms with Crippen LogP contribution in [0.25, 0.3) is 0 Å².